The van der Waals surface area contributed by atoms with E-state index < -0.39 is 6.09 Å². The Balaban J connectivity index is 1.88. The second-order valence-corrected chi connectivity index (χ2v) is 9.61. The van der Waals surface area contributed by atoms with Crippen molar-refractivity contribution < 1.29 is 15.0 Å². The predicted octanol–water partition coefficient (Wildman–Crippen LogP) is 4.51. The van der Waals surface area contributed by atoms with Gasteiger partial charge >= 0.3 is 6.09 Å². The Morgan fingerprint density at radius 1 is 1.04 bits per heavy atom. The van der Waals surface area contributed by atoms with Crippen molar-refractivity contribution in [2.45, 2.75) is 52.9 Å². The van der Waals surface area contributed by atoms with E-state index >= 15 is 0 Å². The quantitative estimate of drug-likeness (QED) is 0.814. The van der Waals surface area contributed by atoms with Crippen LogP contribution in [-0.4, -0.2) is 47.4 Å². The molecule has 1 amide bonds. The summed E-state index contributed by atoms with van der Waals surface area (Å²) in [6.45, 7) is 11.8. The summed E-state index contributed by atoms with van der Waals surface area (Å²) in [7, 11) is 0. The van der Waals surface area contributed by atoms with E-state index in [4.69, 9.17) is 0 Å². The van der Waals surface area contributed by atoms with E-state index in [-0.39, 0.29) is 5.75 Å². The Bertz CT molecular complexity index is 660. The normalized spacial score (nSPS) is 23.1. The summed E-state index contributed by atoms with van der Waals surface area (Å²) in [6.07, 6.45) is 2.66. The van der Waals surface area contributed by atoms with Gasteiger partial charge in [0.2, 0.25) is 0 Å². The second kappa shape index (κ2) is 6.67. The number of hydrogen-bond acceptors (Lipinski definition) is 3. The number of aromatic hydroxyl groups is 1. The first-order valence-corrected chi connectivity index (χ1v) is 9.62. The van der Waals surface area contributed by atoms with Crippen LogP contribution in [0.2, 0.25) is 0 Å². The number of nitrogens with zero attached hydrogens (tertiary/aromatic N) is 2. The minimum atomic E-state index is -0.850. The third kappa shape index (κ3) is 4.08. The zero-order chi connectivity index (χ0) is 19.1. The summed E-state index contributed by atoms with van der Waals surface area (Å²) in [5.74, 6) is 0.737. The van der Waals surface area contributed by atoms with Crippen LogP contribution in [0.1, 0.15) is 58.4 Å². The summed E-state index contributed by atoms with van der Waals surface area (Å²) >= 11 is 0. The first-order chi connectivity index (χ1) is 12.1. The van der Waals surface area contributed by atoms with Gasteiger partial charge in [-0.05, 0) is 47.6 Å². The number of benzene rings is 1. The van der Waals surface area contributed by atoms with Crippen molar-refractivity contribution in [3.63, 3.8) is 0 Å². The molecular formula is C21H32N2O3. The van der Waals surface area contributed by atoms with Crippen molar-refractivity contribution in [2.75, 3.05) is 31.1 Å². The Hall–Kier alpha value is -1.91. The Labute approximate surface area is 156 Å². The van der Waals surface area contributed by atoms with E-state index in [1.807, 2.05) is 6.07 Å². The number of anilines is 1. The molecule has 1 aliphatic heterocycles. The molecule has 1 saturated carbocycles. The van der Waals surface area contributed by atoms with Crippen LogP contribution in [0.5, 0.6) is 5.75 Å². The van der Waals surface area contributed by atoms with Gasteiger partial charge in [-0.25, -0.2) is 4.79 Å². The van der Waals surface area contributed by atoms with Crippen LogP contribution in [0.25, 0.3) is 0 Å². The third-order valence-corrected chi connectivity index (χ3v) is 5.90. The van der Waals surface area contributed by atoms with Crippen molar-refractivity contribution in [1.29, 1.82) is 0 Å². The van der Waals surface area contributed by atoms with Crippen molar-refractivity contribution in [2.24, 2.45) is 10.8 Å². The van der Waals surface area contributed by atoms with Gasteiger partial charge in [-0.2, -0.15) is 0 Å². The van der Waals surface area contributed by atoms with Crippen molar-refractivity contribution in [1.82, 2.24) is 4.90 Å². The van der Waals surface area contributed by atoms with Crippen LogP contribution in [0.3, 0.4) is 0 Å². The SMILES string of the molecule is CC1(C)CC(c2ccc(O)cc2N2CCN(C(=O)O)CC2)CC(C)(C)C1. The molecule has 144 valence electrons. The van der Waals surface area contributed by atoms with Crippen molar-refractivity contribution in [3.05, 3.63) is 23.8 Å². The molecule has 1 saturated heterocycles. The minimum Gasteiger partial charge on any atom is -0.508 e. The summed E-state index contributed by atoms with van der Waals surface area (Å²) in [5, 5.41) is 19.3. The fourth-order valence-corrected chi connectivity index (χ4v) is 5.36. The molecule has 0 radical (unpaired) electrons. The Morgan fingerprint density at radius 2 is 1.62 bits per heavy atom. The summed E-state index contributed by atoms with van der Waals surface area (Å²) in [5.41, 5.74) is 2.97. The molecule has 26 heavy (non-hydrogen) atoms. The predicted molar refractivity (Wildman–Crippen MR) is 104 cm³/mol. The molecule has 1 aromatic rings. The topological polar surface area (TPSA) is 64.0 Å². The molecule has 0 atom stereocenters. The van der Waals surface area contributed by atoms with Gasteiger partial charge < -0.3 is 20.0 Å². The fraction of sp³-hybridized carbons (Fsp3) is 0.667. The lowest BCUT2D eigenvalue weighted by Crippen LogP contribution is -2.48. The number of piperazine rings is 1. The highest BCUT2D eigenvalue weighted by molar-refractivity contribution is 5.66. The summed E-state index contributed by atoms with van der Waals surface area (Å²) < 4.78 is 0. The molecule has 2 aliphatic rings. The van der Waals surface area contributed by atoms with E-state index in [0.717, 1.165) is 18.5 Å². The molecule has 5 nitrogen and oxygen atoms in total. The van der Waals surface area contributed by atoms with Crippen molar-refractivity contribution >= 4 is 11.8 Å². The molecule has 3 rings (SSSR count). The number of phenols is 1. The van der Waals surface area contributed by atoms with Gasteiger partial charge in [-0.15, -0.1) is 0 Å². The van der Waals surface area contributed by atoms with E-state index in [2.05, 4.69) is 38.7 Å². The van der Waals surface area contributed by atoms with Crippen LogP contribution in [0.15, 0.2) is 18.2 Å². The average Bonchev–Trinajstić information content (AvgIpc) is 2.52. The lowest BCUT2D eigenvalue weighted by atomic mass is 9.60. The van der Waals surface area contributed by atoms with Crippen LogP contribution in [-0.2, 0) is 0 Å². The number of phenolic OH excluding ortho intramolecular Hbond substituents is 1. The van der Waals surface area contributed by atoms with Crippen LogP contribution in [0.4, 0.5) is 10.5 Å². The first kappa shape index (κ1) is 18.9. The van der Waals surface area contributed by atoms with Gasteiger partial charge in [-0.1, -0.05) is 33.8 Å². The van der Waals surface area contributed by atoms with Gasteiger partial charge in [0, 0.05) is 37.9 Å². The van der Waals surface area contributed by atoms with E-state index in [1.165, 1.54) is 16.9 Å². The van der Waals surface area contributed by atoms with Gasteiger partial charge in [0.15, 0.2) is 0 Å². The number of amides is 1. The molecule has 0 unspecified atom stereocenters. The Morgan fingerprint density at radius 3 is 2.15 bits per heavy atom. The lowest BCUT2D eigenvalue weighted by Gasteiger charge is -2.46. The molecule has 5 heteroatoms. The standard InChI is InChI=1S/C21H32N2O3/c1-20(2)12-15(13-21(3,4)14-20)17-6-5-16(24)11-18(17)22-7-9-23(10-8-22)19(25)26/h5-6,11,15,24H,7-10,12-14H2,1-4H3,(H,25,26). The number of carboxylic acid groups (broad SMARTS) is 1. The maximum Gasteiger partial charge on any atom is 0.407 e. The monoisotopic (exact) mass is 360 g/mol. The smallest absolute Gasteiger partial charge is 0.407 e. The maximum absolute atomic E-state index is 11.2. The third-order valence-electron chi connectivity index (χ3n) is 5.90. The highest BCUT2D eigenvalue weighted by atomic mass is 16.4. The van der Waals surface area contributed by atoms with Crippen molar-refractivity contribution in [3.8, 4) is 5.75 Å². The fourth-order valence-electron chi connectivity index (χ4n) is 5.36. The summed E-state index contributed by atoms with van der Waals surface area (Å²) in [6, 6.07) is 5.73. The van der Waals surface area contributed by atoms with Crippen LogP contribution < -0.4 is 4.90 Å². The average molecular weight is 360 g/mol. The highest BCUT2D eigenvalue weighted by Gasteiger charge is 2.40. The molecule has 1 heterocycles. The van der Waals surface area contributed by atoms with E-state index in [0.29, 0.717) is 42.9 Å². The molecular weight excluding hydrogens is 328 g/mol. The molecule has 0 spiro atoms. The molecule has 0 aromatic heterocycles. The molecule has 0 bridgehead atoms. The zero-order valence-corrected chi connectivity index (χ0v) is 16.5. The molecule has 2 fully saturated rings. The first-order valence-electron chi connectivity index (χ1n) is 9.62. The van der Waals surface area contributed by atoms with Gasteiger partial charge in [0.05, 0.1) is 0 Å². The Kier molecular flexibility index (Phi) is 4.84. The molecule has 2 N–H and O–H groups in total. The second-order valence-electron chi connectivity index (χ2n) is 9.61. The number of hydrogen-bond donors (Lipinski definition) is 2. The van der Waals surface area contributed by atoms with Gasteiger partial charge in [-0.3, -0.25) is 0 Å². The summed E-state index contributed by atoms with van der Waals surface area (Å²) in [4.78, 5) is 14.9. The lowest BCUT2D eigenvalue weighted by molar-refractivity contribution is 0.0969. The van der Waals surface area contributed by atoms with Crippen LogP contribution >= 0.6 is 0 Å². The zero-order valence-electron chi connectivity index (χ0n) is 16.5. The number of carbonyl (C=O) groups is 1. The minimum absolute atomic E-state index is 0.277. The number of rotatable bonds is 2. The molecule has 1 aromatic carbocycles. The highest BCUT2D eigenvalue weighted by Crippen LogP contribution is 2.53. The largest absolute Gasteiger partial charge is 0.508 e. The van der Waals surface area contributed by atoms with Gasteiger partial charge in [0.25, 0.3) is 0 Å². The van der Waals surface area contributed by atoms with Crippen LogP contribution in [0, 0.1) is 10.8 Å². The van der Waals surface area contributed by atoms with E-state index in [9.17, 15) is 15.0 Å². The maximum atomic E-state index is 11.2. The van der Waals surface area contributed by atoms with E-state index in [1.54, 1.807) is 6.07 Å². The molecule has 1 aliphatic carbocycles. The van der Waals surface area contributed by atoms with Gasteiger partial charge in [0.1, 0.15) is 5.75 Å².